The van der Waals surface area contributed by atoms with Gasteiger partial charge in [0.25, 0.3) is 0 Å². The second kappa shape index (κ2) is 6.48. The summed E-state index contributed by atoms with van der Waals surface area (Å²) in [5.74, 6) is 2.85. The number of hydrogen-bond donors (Lipinski definition) is 3. The molecule has 5 heteroatoms. The Morgan fingerprint density at radius 3 is 2.41 bits per heavy atom. The van der Waals surface area contributed by atoms with Gasteiger partial charge in [-0.3, -0.25) is 5.43 Å². The van der Waals surface area contributed by atoms with Crippen LogP contribution in [0.15, 0.2) is 41.5 Å². The summed E-state index contributed by atoms with van der Waals surface area (Å²) in [4.78, 5) is 0. The minimum Gasteiger partial charge on any atom is -0.507 e. The molecule has 4 fully saturated rings. The van der Waals surface area contributed by atoms with Crippen LogP contribution in [0.1, 0.15) is 44.1 Å². The maximum Gasteiger partial charge on any atom is 0.187 e. The van der Waals surface area contributed by atoms with E-state index < -0.39 is 0 Å². The van der Waals surface area contributed by atoms with Gasteiger partial charge in [-0.15, -0.1) is 0 Å². The van der Waals surface area contributed by atoms with Crippen LogP contribution in [0.4, 0.5) is 0 Å². The summed E-state index contributed by atoms with van der Waals surface area (Å²) < 4.78 is 0. The molecule has 0 saturated heterocycles. The Morgan fingerprint density at radius 1 is 1.04 bits per heavy atom. The lowest BCUT2D eigenvalue weighted by molar-refractivity contribution is -0.0101. The van der Waals surface area contributed by atoms with Crippen LogP contribution >= 0.6 is 12.2 Å². The van der Waals surface area contributed by atoms with Crippen molar-refractivity contribution in [2.75, 3.05) is 0 Å². The first-order valence-corrected chi connectivity index (χ1v) is 10.3. The van der Waals surface area contributed by atoms with Gasteiger partial charge in [0.15, 0.2) is 5.11 Å². The average Bonchev–Trinajstić information content (AvgIpc) is 2.62. The number of nitrogens with zero attached hydrogens (tertiary/aromatic N) is 1. The zero-order valence-electron chi connectivity index (χ0n) is 15.3. The number of rotatable bonds is 3. The molecule has 0 amide bonds. The first-order chi connectivity index (χ1) is 13.1. The van der Waals surface area contributed by atoms with Crippen LogP contribution in [-0.2, 0) is 0 Å². The van der Waals surface area contributed by atoms with Crippen molar-refractivity contribution in [2.24, 2.45) is 22.9 Å². The van der Waals surface area contributed by atoms with E-state index in [4.69, 9.17) is 12.2 Å². The third-order valence-electron chi connectivity index (χ3n) is 6.72. The highest BCUT2D eigenvalue weighted by molar-refractivity contribution is 7.80. The largest absolute Gasteiger partial charge is 0.507 e. The van der Waals surface area contributed by atoms with E-state index >= 15 is 0 Å². The van der Waals surface area contributed by atoms with Crippen molar-refractivity contribution < 1.29 is 5.11 Å². The summed E-state index contributed by atoms with van der Waals surface area (Å²) in [6.07, 6.45) is 9.64. The zero-order chi connectivity index (χ0) is 18.4. The summed E-state index contributed by atoms with van der Waals surface area (Å²) in [5.41, 5.74) is 3.86. The summed E-state index contributed by atoms with van der Waals surface area (Å²) >= 11 is 5.53. The maximum atomic E-state index is 10.2. The fourth-order valence-electron chi connectivity index (χ4n) is 6.11. The Morgan fingerprint density at radius 2 is 1.70 bits per heavy atom. The van der Waals surface area contributed by atoms with Crippen molar-refractivity contribution in [2.45, 2.75) is 44.1 Å². The van der Waals surface area contributed by atoms with Gasteiger partial charge in [-0.25, -0.2) is 0 Å². The minimum atomic E-state index is 0.177. The Hall–Kier alpha value is -2.14. The fourth-order valence-corrected chi connectivity index (χ4v) is 6.38. The number of hydrogen-bond acceptors (Lipinski definition) is 3. The Bertz CT molecular complexity index is 888. The van der Waals surface area contributed by atoms with E-state index in [1.54, 1.807) is 12.3 Å². The number of benzene rings is 2. The number of phenolic OH excluding ortho intramolecular Hbond substituents is 1. The van der Waals surface area contributed by atoms with E-state index in [0.29, 0.717) is 10.7 Å². The minimum absolute atomic E-state index is 0.177. The third-order valence-corrected chi connectivity index (χ3v) is 6.92. The Labute approximate surface area is 165 Å². The first kappa shape index (κ1) is 17.0. The van der Waals surface area contributed by atoms with Gasteiger partial charge in [0.05, 0.1) is 6.21 Å². The van der Waals surface area contributed by atoms with Crippen LogP contribution in [0, 0.1) is 17.8 Å². The zero-order valence-corrected chi connectivity index (χ0v) is 16.1. The van der Waals surface area contributed by atoms with Crippen LogP contribution in [0.5, 0.6) is 5.75 Å². The van der Waals surface area contributed by atoms with Gasteiger partial charge >= 0.3 is 0 Å². The standard InChI is InChI=1S/C22H25N3OS/c26-20-6-5-17-3-1-2-4-18(17)19(20)13-23-25-21(27)24-22-10-14-7-15(11-22)9-16(8-14)12-22/h1-6,13-16,26H,7-12H2,(H2,24,25,27). The van der Waals surface area contributed by atoms with Crippen LogP contribution in [0.25, 0.3) is 10.8 Å². The number of phenols is 1. The highest BCUT2D eigenvalue weighted by Gasteiger charge is 2.51. The molecule has 0 radical (unpaired) electrons. The molecule has 6 rings (SSSR count). The van der Waals surface area contributed by atoms with Crippen molar-refractivity contribution in [1.29, 1.82) is 0 Å². The normalized spacial score (nSPS) is 31.5. The van der Waals surface area contributed by atoms with Gasteiger partial charge in [-0.1, -0.05) is 30.3 Å². The molecule has 4 aliphatic rings. The average molecular weight is 380 g/mol. The molecule has 2 aromatic carbocycles. The van der Waals surface area contributed by atoms with Gasteiger partial charge in [0, 0.05) is 11.1 Å². The second-order valence-corrected chi connectivity index (χ2v) is 9.15. The molecule has 27 heavy (non-hydrogen) atoms. The van der Waals surface area contributed by atoms with Crippen LogP contribution in [0.2, 0.25) is 0 Å². The molecule has 0 unspecified atom stereocenters. The van der Waals surface area contributed by atoms with Gasteiger partial charge in [0.1, 0.15) is 5.75 Å². The van der Waals surface area contributed by atoms with E-state index in [-0.39, 0.29) is 11.3 Å². The summed E-state index contributed by atoms with van der Waals surface area (Å²) in [7, 11) is 0. The molecule has 0 heterocycles. The van der Waals surface area contributed by atoms with Crippen LogP contribution in [0.3, 0.4) is 0 Å². The predicted octanol–water partition coefficient (Wildman–Crippen LogP) is 4.31. The Kier molecular flexibility index (Phi) is 4.08. The van der Waals surface area contributed by atoms with E-state index in [1.165, 1.54) is 38.5 Å². The van der Waals surface area contributed by atoms with Crippen LogP contribution in [-0.4, -0.2) is 22.0 Å². The quantitative estimate of drug-likeness (QED) is 0.422. The van der Waals surface area contributed by atoms with Gasteiger partial charge in [0.2, 0.25) is 0 Å². The lowest BCUT2D eigenvalue weighted by Crippen LogP contribution is -2.61. The van der Waals surface area contributed by atoms with E-state index in [1.807, 2.05) is 30.3 Å². The molecule has 0 atom stereocenters. The van der Waals surface area contributed by atoms with Gasteiger partial charge in [-0.2, -0.15) is 5.10 Å². The topological polar surface area (TPSA) is 56.7 Å². The molecule has 140 valence electrons. The highest BCUT2D eigenvalue weighted by atomic mass is 32.1. The Balaban J connectivity index is 1.28. The molecule has 4 saturated carbocycles. The van der Waals surface area contributed by atoms with Crippen molar-refractivity contribution in [3.8, 4) is 5.75 Å². The molecule has 3 N–H and O–H groups in total. The highest BCUT2D eigenvalue weighted by Crippen LogP contribution is 2.55. The van der Waals surface area contributed by atoms with Crippen molar-refractivity contribution >= 4 is 34.3 Å². The molecule has 2 aromatic rings. The third kappa shape index (κ3) is 3.18. The van der Waals surface area contributed by atoms with Crippen molar-refractivity contribution in [3.05, 3.63) is 42.0 Å². The molecule has 4 bridgehead atoms. The lowest BCUT2D eigenvalue weighted by atomic mass is 9.53. The number of thiocarbonyl (C=S) groups is 1. The summed E-state index contributed by atoms with van der Waals surface area (Å²) in [5, 5.41) is 20.8. The molecular weight excluding hydrogens is 354 g/mol. The fraction of sp³-hybridized carbons (Fsp3) is 0.455. The lowest BCUT2D eigenvalue weighted by Gasteiger charge is -2.57. The summed E-state index contributed by atoms with van der Waals surface area (Å²) in [6, 6.07) is 11.6. The molecule has 0 aromatic heterocycles. The van der Waals surface area contributed by atoms with Crippen molar-refractivity contribution in [1.82, 2.24) is 10.7 Å². The molecule has 0 spiro atoms. The monoisotopic (exact) mass is 379 g/mol. The maximum absolute atomic E-state index is 10.2. The smallest absolute Gasteiger partial charge is 0.187 e. The molecular formula is C22H25N3OS. The van der Waals surface area contributed by atoms with Crippen LogP contribution < -0.4 is 10.7 Å². The van der Waals surface area contributed by atoms with Gasteiger partial charge < -0.3 is 10.4 Å². The SMILES string of the molecule is Oc1ccc2ccccc2c1C=NNC(=S)NC12CC3CC(CC(C3)C1)C2. The van der Waals surface area contributed by atoms with E-state index in [9.17, 15) is 5.11 Å². The van der Waals surface area contributed by atoms with E-state index in [2.05, 4.69) is 15.8 Å². The molecule has 0 aliphatic heterocycles. The number of aromatic hydroxyl groups is 1. The number of nitrogens with one attached hydrogen (secondary N) is 2. The van der Waals surface area contributed by atoms with Gasteiger partial charge in [-0.05, 0) is 85.3 Å². The predicted molar refractivity (Wildman–Crippen MR) is 113 cm³/mol. The first-order valence-electron chi connectivity index (χ1n) is 9.92. The van der Waals surface area contributed by atoms with Crippen molar-refractivity contribution in [3.63, 3.8) is 0 Å². The second-order valence-electron chi connectivity index (χ2n) is 8.74. The van der Waals surface area contributed by atoms with E-state index in [0.717, 1.165) is 28.5 Å². The number of fused-ring (bicyclic) bond motifs is 1. The molecule has 4 aliphatic carbocycles. The molecule has 4 nitrogen and oxygen atoms in total. The number of hydrazone groups is 1. The summed E-state index contributed by atoms with van der Waals surface area (Å²) in [6.45, 7) is 0.